The number of rotatable bonds is 8. The van der Waals surface area contributed by atoms with E-state index in [1.54, 1.807) is 0 Å². The van der Waals surface area contributed by atoms with Crippen LogP contribution < -0.4 is 5.32 Å². The maximum absolute atomic E-state index is 10.1. The van der Waals surface area contributed by atoms with E-state index in [9.17, 15) is 5.11 Å². The van der Waals surface area contributed by atoms with Gasteiger partial charge in [0.1, 0.15) is 0 Å². The third kappa shape index (κ3) is 6.11. The van der Waals surface area contributed by atoms with E-state index in [0.717, 1.165) is 31.8 Å². The zero-order valence-electron chi connectivity index (χ0n) is 12.7. The van der Waals surface area contributed by atoms with Crippen LogP contribution in [0, 0.1) is 0 Å². The second-order valence-electron chi connectivity index (χ2n) is 5.46. The number of benzene rings is 1. The van der Waals surface area contributed by atoms with Crippen LogP contribution in [0.4, 0.5) is 0 Å². The maximum Gasteiger partial charge on any atom is 0.0900 e. The van der Waals surface area contributed by atoms with E-state index in [0.29, 0.717) is 19.8 Å². The van der Waals surface area contributed by atoms with Crippen molar-refractivity contribution in [3.63, 3.8) is 0 Å². The summed E-state index contributed by atoms with van der Waals surface area (Å²) in [6, 6.07) is 10.0. The molecule has 1 aliphatic rings. The summed E-state index contributed by atoms with van der Waals surface area (Å²) in [4.78, 5) is 2.24. The topological polar surface area (TPSA) is 54.0 Å². The van der Waals surface area contributed by atoms with Gasteiger partial charge in [-0.15, -0.1) is 0 Å². The third-order valence-electron chi connectivity index (χ3n) is 3.55. The Labute approximate surface area is 126 Å². The van der Waals surface area contributed by atoms with E-state index in [4.69, 9.17) is 9.47 Å². The first-order valence-electron chi connectivity index (χ1n) is 7.56. The molecule has 1 heterocycles. The fourth-order valence-electron chi connectivity index (χ4n) is 2.54. The van der Waals surface area contributed by atoms with E-state index in [1.807, 2.05) is 37.4 Å². The maximum atomic E-state index is 10.1. The van der Waals surface area contributed by atoms with E-state index in [-0.39, 0.29) is 6.10 Å². The summed E-state index contributed by atoms with van der Waals surface area (Å²) in [5.74, 6) is 0. The molecule has 1 aromatic carbocycles. The summed E-state index contributed by atoms with van der Waals surface area (Å²) in [7, 11) is 1.93. The van der Waals surface area contributed by atoms with Crippen molar-refractivity contribution in [1.82, 2.24) is 10.2 Å². The minimum Gasteiger partial charge on any atom is -0.389 e. The lowest BCUT2D eigenvalue weighted by molar-refractivity contribution is -0.0506. The number of nitrogens with one attached hydrogen (secondary N) is 1. The number of nitrogens with zero attached hydrogens (tertiary/aromatic N) is 1. The third-order valence-corrected chi connectivity index (χ3v) is 3.55. The quantitative estimate of drug-likeness (QED) is 0.730. The molecule has 0 aliphatic carbocycles. The molecule has 2 atom stereocenters. The van der Waals surface area contributed by atoms with Gasteiger partial charge in [-0.05, 0) is 12.6 Å². The molecule has 21 heavy (non-hydrogen) atoms. The molecular weight excluding hydrogens is 268 g/mol. The molecule has 1 saturated heterocycles. The molecule has 2 unspecified atom stereocenters. The molecule has 0 spiro atoms. The number of aliphatic hydroxyl groups excluding tert-OH is 1. The number of ether oxygens (including phenoxy) is 2. The number of likely N-dealkylation sites (N-methyl/N-ethyl adjacent to an activating group) is 1. The summed E-state index contributed by atoms with van der Waals surface area (Å²) >= 11 is 0. The molecule has 5 heteroatoms. The summed E-state index contributed by atoms with van der Waals surface area (Å²) in [5.41, 5.74) is 1.13. The number of hydrogen-bond acceptors (Lipinski definition) is 5. The first-order valence-corrected chi connectivity index (χ1v) is 7.56. The molecule has 2 N–H and O–H groups in total. The fourth-order valence-corrected chi connectivity index (χ4v) is 2.54. The highest BCUT2D eigenvalue weighted by Gasteiger charge is 2.21. The van der Waals surface area contributed by atoms with Crippen molar-refractivity contribution in [2.45, 2.75) is 18.8 Å². The van der Waals surface area contributed by atoms with Crippen LogP contribution in [0.1, 0.15) is 5.56 Å². The van der Waals surface area contributed by atoms with Crippen molar-refractivity contribution in [3.8, 4) is 0 Å². The van der Waals surface area contributed by atoms with E-state index >= 15 is 0 Å². The van der Waals surface area contributed by atoms with Crippen LogP contribution in [0.3, 0.4) is 0 Å². The van der Waals surface area contributed by atoms with Crippen molar-refractivity contribution in [1.29, 1.82) is 0 Å². The summed E-state index contributed by atoms with van der Waals surface area (Å²) in [6.07, 6.45) is -0.247. The Hall–Kier alpha value is -0.980. The molecule has 1 aliphatic heterocycles. The zero-order valence-corrected chi connectivity index (χ0v) is 12.7. The number of hydrogen-bond donors (Lipinski definition) is 2. The van der Waals surface area contributed by atoms with Crippen molar-refractivity contribution >= 4 is 0 Å². The first-order chi connectivity index (χ1) is 10.3. The lowest BCUT2D eigenvalue weighted by Gasteiger charge is -2.33. The predicted octanol–water partition coefficient (Wildman–Crippen LogP) is 0.484. The van der Waals surface area contributed by atoms with Gasteiger partial charge in [-0.1, -0.05) is 30.3 Å². The molecule has 0 bridgehead atoms. The van der Waals surface area contributed by atoms with Gasteiger partial charge in [-0.25, -0.2) is 0 Å². The molecule has 0 saturated carbocycles. The minimum absolute atomic E-state index is 0.209. The van der Waals surface area contributed by atoms with Crippen LogP contribution >= 0.6 is 0 Å². The lowest BCUT2D eigenvalue weighted by atomic mass is 10.2. The van der Waals surface area contributed by atoms with Gasteiger partial charge in [-0.3, -0.25) is 4.90 Å². The fraction of sp³-hybridized carbons (Fsp3) is 0.625. The average molecular weight is 294 g/mol. The zero-order chi connectivity index (χ0) is 14.9. The van der Waals surface area contributed by atoms with Gasteiger partial charge in [0.05, 0.1) is 32.0 Å². The summed E-state index contributed by atoms with van der Waals surface area (Å²) < 4.78 is 11.2. The van der Waals surface area contributed by atoms with Crippen LogP contribution in [-0.2, 0) is 16.1 Å². The summed E-state index contributed by atoms with van der Waals surface area (Å²) in [5, 5.41) is 13.2. The number of β-amino-alcohol motifs (C(OH)–C–C–N with tert-alkyl or cyclic N) is 1. The molecule has 0 amide bonds. The van der Waals surface area contributed by atoms with Crippen LogP contribution in [-0.4, -0.2) is 68.7 Å². The standard InChI is InChI=1S/C16H26N2O3/c1-17-9-16-11-18(7-8-21-16)10-15(19)13-20-12-14-5-3-2-4-6-14/h2-6,15-17,19H,7-13H2,1H3. The van der Waals surface area contributed by atoms with Gasteiger partial charge >= 0.3 is 0 Å². The number of morpholine rings is 1. The Morgan fingerprint density at radius 3 is 3.00 bits per heavy atom. The molecular formula is C16H26N2O3. The van der Waals surface area contributed by atoms with Gasteiger partial charge in [0.25, 0.3) is 0 Å². The molecule has 1 fully saturated rings. The molecule has 0 aromatic heterocycles. The van der Waals surface area contributed by atoms with Crippen molar-refractivity contribution in [3.05, 3.63) is 35.9 Å². The van der Waals surface area contributed by atoms with Gasteiger partial charge in [-0.2, -0.15) is 0 Å². The molecule has 118 valence electrons. The highest BCUT2D eigenvalue weighted by Crippen LogP contribution is 2.06. The molecule has 1 aromatic rings. The Morgan fingerprint density at radius 2 is 2.24 bits per heavy atom. The average Bonchev–Trinajstić information content (AvgIpc) is 2.49. The second-order valence-corrected chi connectivity index (χ2v) is 5.46. The van der Waals surface area contributed by atoms with E-state index in [2.05, 4.69) is 10.2 Å². The van der Waals surface area contributed by atoms with Crippen LogP contribution in [0.25, 0.3) is 0 Å². The minimum atomic E-state index is -0.456. The monoisotopic (exact) mass is 294 g/mol. The second kappa shape index (κ2) is 9.12. The number of aliphatic hydroxyl groups is 1. The Balaban J connectivity index is 1.63. The van der Waals surface area contributed by atoms with Gasteiger partial charge in [0, 0.05) is 26.2 Å². The normalized spacial score (nSPS) is 21.3. The molecule has 2 rings (SSSR count). The first kappa shape index (κ1) is 16.4. The van der Waals surface area contributed by atoms with Crippen molar-refractivity contribution < 1.29 is 14.6 Å². The molecule has 0 radical (unpaired) electrons. The SMILES string of the molecule is CNCC1CN(CC(O)COCc2ccccc2)CCO1. The summed E-state index contributed by atoms with van der Waals surface area (Å²) in [6.45, 7) is 4.85. The Bertz CT molecular complexity index is 386. The van der Waals surface area contributed by atoms with Crippen LogP contribution in [0.15, 0.2) is 30.3 Å². The lowest BCUT2D eigenvalue weighted by Crippen LogP contribution is -2.48. The highest BCUT2D eigenvalue weighted by molar-refractivity contribution is 5.13. The smallest absolute Gasteiger partial charge is 0.0900 e. The van der Waals surface area contributed by atoms with Crippen LogP contribution in [0.2, 0.25) is 0 Å². The Morgan fingerprint density at radius 1 is 1.43 bits per heavy atom. The van der Waals surface area contributed by atoms with Gasteiger partial charge in [0.2, 0.25) is 0 Å². The van der Waals surface area contributed by atoms with Gasteiger partial charge < -0.3 is 19.9 Å². The van der Waals surface area contributed by atoms with E-state index < -0.39 is 6.10 Å². The highest BCUT2D eigenvalue weighted by atomic mass is 16.5. The van der Waals surface area contributed by atoms with Crippen molar-refractivity contribution in [2.24, 2.45) is 0 Å². The van der Waals surface area contributed by atoms with Crippen molar-refractivity contribution in [2.75, 3.05) is 46.4 Å². The largest absolute Gasteiger partial charge is 0.389 e. The van der Waals surface area contributed by atoms with Crippen LogP contribution in [0.5, 0.6) is 0 Å². The van der Waals surface area contributed by atoms with Gasteiger partial charge in [0.15, 0.2) is 0 Å². The molecule has 5 nitrogen and oxygen atoms in total. The predicted molar refractivity (Wildman–Crippen MR) is 82.2 cm³/mol. The Kier molecular flexibility index (Phi) is 7.12. The van der Waals surface area contributed by atoms with E-state index in [1.165, 1.54) is 0 Å².